The van der Waals surface area contributed by atoms with Gasteiger partial charge in [0, 0.05) is 12.2 Å². The minimum atomic E-state index is -0.442. The predicted molar refractivity (Wildman–Crippen MR) is 75.1 cm³/mol. The molecule has 0 unspecified atom stereocenters. The molecule has 0 fully saturated rings. The minimum Gasteiger partial charge on any atom is -0.397 e. The topological polar surface area (TPSA) is 54.4 Å². The van der Waals surface area contributed by atoms with E-state index < -0.39 is 11.6 Å². The second-order valence-corrected chi connectivity index (χ2v) is 4.09. The summed E-state index contributed by atoms with van der Waals surface area (Å²) in [5, 5.41) is 9.66. The maximum absolute atomic E-state index is 11.7. The molecule has 1 N–H and O–H groups in total. The lowest BCUT2D eigenvalue weighted by Crippen LogP contribution is -2.16. The third kappa shape index (κ3) is 2.46. The van der Waals surface area contributed by atoms with Gasteiger partial charge in [0.1, 0.15) is 0 Å². The van der Waals surface area contributed by atoms with Gasteiger partial charge in [0.25, 0.3) is 0 Å². The number of allylic oxidation sites excluding steroid dienone is 1. The summed E-state index contributed by atoms with van der Waals surface area (Å²) in [7, 11) is 0. The van der Waals surface area contributed by atoms with Gasteiger partial charge in [0.2, 0.25) is 11.6 Å². The molecule has 0 saturated carbocycles. The fourth-order valence-corrected chi connectivity index (χ4v) is 2.04. The molecule has 19 heavy (non-hydrogen) atoms. The number of benzene rings is 2. The van der Waals surface area contributed by atoms with Crippen LogP contribution in [0.3, 0.4) is 0 Å². The van der Waals surface area contributed by atoms with Gasteiger partial charge >= 0.3 is 0 Å². The normalized spacial score (nSPS) is 12.9. The Morgan fingerprint density at radius 1 is 1.00 bits per heavy atom. The van der Waals surface area contributed by atoms with Gasteiger partial charge in [-0.1, -0.05) is 30.3 Å². The fourth-order valence-electron chi connectivity index (χ4n) is 2.04. The van der Waals surface area contributed by atoms with Gasteiger partial charge in [-0.05, 0) is 41.5 Å². The number of hydrogen-bond acceptors (Lipinski definition) is 3. The molecule has 3 nitrogen and oxygen atoms in total. The molecule has 0 amide bonds. The average Bonchev–Trinajstić information content (AvgIpc) is 2.43. The fraction of sp³-hybridized carbons (Fsp3) is 0.125. The summed E-state index contributed by atoms with van der Waals surface area (Å²) in [6.07, 6.45) is 3.07. The van der Waals surface area contributed by atoms with Crippen LogP contribution in [0.25, 0.3) is 16.8 Å². The minimum absolute atomic E-state index is 0.250. The molecular formula is C16H14O3. The number of aliphatic hydroxyl groups is 1. The van der Waals surface area contributed by atoms with Gasteiger partial charge in [0.05, 0.1) is 0 Å². The Morgan fingerprint density at radius 2 is 1.68 bits per heavy atom. The Morgan fingerprint density at radius 3 is 2.42 bits per heavy atom. The molecule has 3 rings (SSSR count). The molecule has 1 aliphatic rings. The standard InChI is InChI=1S/C14H8O2.C2H6O/c15-13-8-7-11-10-4-2-1-3-9(10)5-6-12(11)14(13)16;1-2-3/h1-8H;3H,2H2,1H3. The summed E-state index contributed by atoms with van der Waals surface area (Å²) in [5.41, 5.74) is 1.36. The van der Waals surface area contributed by atoms with Crippen molar-refractivity contribution < 1.29 is 14.7 Å². The van der Waals surface area contributed by atoms with Crippen molar-refractivity contribution in [3.63, 3.8) is 0 Å². The van der Waals surface area contributed by atoms with E-state index in [-0.39, 0.29) is 6.61 Å². The van der Waals surface area contributed by atoms with Crippen LogP contribution >= 0.6 is 0 Å². The maximum Gasteiger partial charge on any atom is 0.233 e. The van der Waals surface area contributed by atoms with E-state index >= 15 is 0 Å². The van der Waals surface area contributed by atoms with Crippen LogP contribution in [0.2, 0.25) is 0 Å². The Kier molecular flexibility index (Phi) is 3.88. The van der Waals surface area contributed by atoms with Crippen molar-refractivity contribution in [1.82, 2.24) is 0 Å². The molecule has 2 aromatic rings. The molecular weight excluding hydrogens is 240 g/mol. The lowest BCUT2D eigenvalue weighted by molar-refractivity contribution is -0.110. The van der Waals surface area contributed by atoms with Gasteiger partial charge in [0.15, 0.2) is 0 Å². The highest BCUT2D eigenvalue weighted by atomic mass is 16.2. The molecule has 0 saturated heterocycles. The Balaban J connectivity index is 0.000000408. The summed E-state index contributed by atoms with van der Waals surface area (Å²) in [5.74, 6) is -0.856. The second kappa shape index (κ2) is 5.59. The Labute approximate surface area is 111 Å². The quantitative estimate of drug-likeness (QED) is 0.735. The van der Waals surface area contributed by atoms with Crippen molar-refractivity contribution in [2.45, 2.75) is 6.92 Å². The summed E-state index contributed by atoms with van der Waals surface area (Å²) in [6.45, 7) is 1.93. The molecule has 96 valence electrons. The van der Waals surface area contributed by atoms with Gasteiger partial charge in [-0.15, -0.1) is 0 Å². The molecule has 0 aromatic heterocycles. The number of hydrogen-bond donors (Lipinski definition) is 1. The van der Waals surface area contributed by atoms with Crippen LogP contribution in [0.4, 0.5) is 0 Å². The van der Waals surface area contributed by atoms with E-state index in [0.717, 1.165) is 16.3 Å². The molecule has 1 aliphatic carbocycles. The van der Waals surface area contributed by atoms with Crippen molar-refractivity contribution >= 4 is 28.4 Å². The number of carbonyl (C=O) groups excluding carboxylic acids is 2. The molecule has 0 bridgehead atoms. The van der Waals surface area contributed by atoms with Gasteiger partial charge in [-0.3, -0.25) is 9.59 Å². The molecule has 0 aliphatic heterocycles. The molecule has 2 aromatic carbocycles. The van der Waals surface area contributed by atoms with Crippen LogP contribution in [0.15, 0.2) is 42.5 Å². The van der Waals surface area contributed by atoms with Crippen molar-refractivity contribution in [2.24, 2.45) is 0 Å². The highest BCUT2D eigenvalue weighted by Crippen LogP contribution is 2.26. The largest absolute Gasteiger partial charge is 0.397 e. The third-order valence-corrected chi connectivity index (χ3v) is 2.84. The zero-order valence-corrected chi connectivity index (χ0v) is 10.6. The zero-order chi connectivity index (χ0) is 13.8. The third-order valence-electron chi connectivity index (χ3n) is 2.84. The van der Waals surface area contributed by atoms with Crippen LogP contribution in [0.5, 0.6) is 0 Å². The first-order chi connectivity index (χ1) is 9.19. The van der Waals surface area contributed by atoms with E-state index in [4.69, 9.17) is 5.11 Å². The van der Waals surface area contributed by atoms with Crippen molar-refractivity contribution in [3.8, 4) is 0 Å². The summed E-state index contributed by atoms with van der Waals surface area (Å²) in [4.78, 5) is 22.9. The van der Waals surface area contributed by atoms with E-state index in [9.17, 15) is 9.59 Å². The first-order valence-corrected chi connectivity index (χ1v) is 6.08. The Hall–Kier alpha value is -2.26. The monoisotopic (exact) mass is 254 g/mol. The van der Waals surface area contributed by atoms with Crippen molar-refractivity contribution in [3.05, 3.63) is 53.6 Å². The van der Waals surface area contributed by atoms with E-state index in [1.54, 1.807) is 19.1 Å². The summed E-state index contributed by atoms with van der Waals surface area (Å²) < 4.78 is 0. The highest BCUT2D eigenvalue weighted by molar-refractivity contribution is 6.50. The highest BCUT2D eigenvalue weighted by Gasteiger charge is 2.21. The van der Waals surface area contributed by atoms with E-state index in [1.165, 1.54) is 6.08 Å². The van der Waals surface area contributed by atoms with Gasteiger partial charge < -0.3 is 5.11 Å². The molecule has 0 heterocycles. The van der Waals surface area contributed by atoms with Crippen LogP contribution in [-0.2, 0) is 4.79 Å². The molecule has 3 heteroatoms. The zero-order valence-electron chi connectivity index (χ0n) is 10.6. The Bertz CT molecular complexity index is 669. The van der Waals surface area contributed by atoms with E-state index in [2.05, 4.69) is 0 Å². The summed E-state index contributed by atoms with van der Waals surface area (Å²) in [6, 6.07) is 11.4. The van der Waals surface area contributed by atoms with Crippen LogP contribution in [0.1, 0.15) is 22.8 Å². The van der Waals surface area contributed by atoms with Gasteiger partial charge in [-0.2, -0.15) is 0 Å². The van der Waals surface area contributed by atoms with Crippen molar-refractivity contribution in [1.29, 1.82) is 0 Å². The van der Waals surface area contributed by atoms with Crippen LogP contribution in [0, 0.1) is 0 Å². The van der Waals surface area contributed by atoms with Crippen LogP contribution < -0.4 is 0 Å². The van der Waals surface area contributed by atoms with E-state index in [0.29, 0.717) is 5.56 Å². The second-order valence-electron chi connectivity index (χ2n) is 4.09. The number of aliphatic hydroxyl groups excluding tert-OH is 1. The van der Waals surface area contributed by atoms with E-state index in [1.807, 2.05) is 30.3 Å². The number of ketones is 2. The number of carbonyl (C=O) groups is 2. The molecule has 0 spiro atoms. The van der Waals surface area contributed by atoms with Crippen molar-refractivity contribution in [2.75, 3.05) is 6.61 Å². The number of fused-ring (bicyclic) bond motifs is 3. The summed E-state index contributed by atoms with van der Waals surface area (Å²) >= 11 is 0. The SMILES string of the molecule is CCO.O=C1C=Cc2c(ccc3ccccc23)C1=O. The smallest absolute Gasteiger partial charge is 0.233 e. The lowest BCUT2D eigenvalue weighted by atomic mass is 9.91. The lowest BCUT2D eigenvalue weighted by Gasteiger charge is -2.11. The predicted octanol–water partition coefficient (Wildman–Crippen LogP) is 2.62. The number of Topliss-reactive ketones (excluding diaryl/α,β-unsaturated/α-hetero) is 1. The number of rotatable bonds is 0. The average molecular weight is 254 g/mol. The molecule has 0 radical (unpaired) electrons. The first kappa shape index (κ1) is 13.2. The molecule has 0 atom stereocenters. The maximum atomic E-state index is 11.7. The first-order valence-electron chi connectivity index (χ1n) is 6.08. The van der Waals surface area contributed by atoms with Crippen LogP contribution in [-0.4, -0.2) is 23.3 Å². The van der Waals surface area contributed by atoms with Gasteiger partial charge in [-0.25, -0.2) is 0 Å².